The maximum Gasteiger partial charge on any atom is 0.467 e. The molecule has 1 saturated heterocycles. The Balaban J connectivity index is 1.99. The monoisotopic (exact) mass is 477 g/mol. The zero-order valence-electron chi connectivity index (χ0n) is 16.9. The topological polar surface area (TPSA) is 124 Å². The SMILES string of the molecule is COc1cc2nc(C(F)(F)F)nc(N3CCCN(OC(=O)N=S(=O)=O)CC3)c2cc1OC. The molecule has 2 heterocycles. The summed E-state index contributed by atoms with van der Waals surface area (Å²) in [6, 6.07) is 2.83. The molecule has 0 atom stereocenters. The highest BCUT2D eigenvalue weighted by Gasteiger charge is 2.36. The number of methoxy groups -OCH3 is 2. The maximum atomic E-state index is 13.5. The van der Waals surface area contributed by atoms with E-state index in [0.717, 1.165) is 0 Å². The molecule has 1 amide bonds. The van der Waals surface area contributed by atoms with E-state index in [1.807, 2.05) is 0 Å². The molecule has 0 aliphatic carbocycles. The van der Waals surface area contributed by atoms with Gasteiger partial charge in [0.05, 0.1) is 26.3 Å². The average Bonchev–Trinajstić information content (AvgIpc) is 2.95. The Morgan fingerprint density at radius 3 is 2.38 bits per heavy atom. The number of rotatable bonds is 4. The van der Waals surface area contributed by atoms with E-state index in [9.17, 15) is 26.4 Å². The zero-order valence-corrected chi connectivity index (χ0v) is 17.7. The fourth-order valence-corrected chi connectivity index (χ4v) is 3.35. The lowest BCUT2D eigenvalue weighted by atomic mass is 10.2. The van der Waals surface area contributed by atoms with Crippen LogP contribution in [0.15, 0.2) is 16.5 Å². The molecule has 0 radical (unpaired) electrons. The van der Waals surface area contributed by atoms with E-state index in [-0.39, 0.29) is 43.3 Å². The lowest BCUT2D eigenvalue weighted by Crippen LogP contribution is -2.32. The van der Waals surface area contributed by atoms with Crippen LogP contribution in [0.1, 0.15) is 12.2 Å². The standard InChI is InChI=1S/C17H18F3N5O6S/c1-29-12-8-10-11(9-13(12)30-2)21-15(17(18,19)20)22-14(10)24-4-3-5-25(7-6-24)31-16(26)23-32(27)28/h8-9H,3-7H2,1-2H3. The Kier molecular flexibility index (Phi) is 6.98. The van der Waals surface area contributed by atoms with E-state index in [4.69, 9.17) is 14.3 Å². The molecule has 0 bridgehead atoms. The van der Waals surface area contributed by atoms with Crippen LogP contribution in [0.5, 0.6) is 11.5 Å². The number of carbonyl (C=O) groups excluding carboxylic acids is 1. The van der Waals surface area contributed by atoms with Gasteiger partial charge in [-0.15, -0.1) is 5.06 Å². The van der Waals surface area contributed by atoms with Gasteiger partial charge in [-0.3, -0.25) is 0 Å². The van der Waals surface area contributed by atoms with E-state index in [2.05, 4.69) is 14.3 Å². The van der Waals surface area contributed by atoms with Gasteiger partial charge in [-0.1, -0.05) is 4.36 Å². The first-order valence-corrected chi connectivity index (χ1v) is 10.2. The Morgan fingerprint density at radius 2 is 1.75 bits per heavy atom. The number of alkyl halides is 3. The van der Waals surface area contributed by atoms with Crippen LogP contribution in [0.3, 0.4) is 0 Å². The van der Waals surface area contributed by atoms with Gasteiger partial charge >= 0.3 is 22.8 Å². The van der Waals surface area contributed by atoms with Gasteiger partial charge in [0.1, 0.15) is 5.82 Å². The largest absolute Gasteiger partial charge is 0.493 e. The van der Waals surface area contributed by atoms with E-state index >= 15 is 0 Å². The molecule has 174 valence electrons. The van der Waals surface area contributed by atoms with Crippen LogP contribution in [0.4, 0.5) is 23.8 Å². The van der Waals surface area contributed by atoms with Gasteiger partial charge in [0.2, 0.25) is 5.82 Å². The molecular formula is C17H18F3N5O6S. The van der Waals surface area contributed by atoms with Crippen molar-refractivity contribution >= 4 is 33.3 Å². The van der Waals surface area contributed by atoms with Crippen molar-refractivity contribution in [2.75, 3.05) is 45.3 Å². The molecule has 1 aromatic carbocycles. The third-order valence-corrected chi connectivity index (χ3v) is 4.84. The zero-order chi connectivity index (χ0) is 23.5. The first-order valence-electron chi connectivity index (χ1n) is 9.16. The lowest BCUT2D eigenvalue weighted by molar-refractivity contribution is -0.144. The summed E-state index contributed by atoms with van der Waals surface area (Å²) >= 11 is 0. The molecule has 15 heteroatoms. The Hall–Kier alpha value is -3.20. The minimum absolute atomic E-state index is 0.0178. The summed E-state index contributed by atoms with van der Waals surface area (Å²) in [6.45, 7) is 0.713. The van der Waals surface area contributed by atoms with Crippen molar-refractivity contribution < 1.29 is 40.7 Å². The van der Waals surface area contributed by atoms with Crippen LogP contribution >= 0.6 is 0 Å². The maximum absolute atomic E-state index is 13.5. The normalized spacial score (nSPS) is 15.2. The molecule has 1 fully saturated rings. The van der Waals surface area contributed by atoms with Gasteiger partial charge < -0.3 is 19.2 Å². The van der Waals surface area contributed by atoms with Gasteiger partial charge in [-0.2, -0.15) is 21.6 Å². The van der Waals surface area contributed by atoms with Crippen LogP contribution in [0.2, 0.25) is 0 Å². The van der Waals surface area contributed by atoms with Gasteiger partial charge in [-0.05, 0) is 12.5 Å². The molecule has 0 N–H and O–H groups in total. The highest BCUT2D eigenvalue weighted by atomic mass is 32.2. The van der Waals surface area contributed by atoms with Gasteiger partial charge in [0.25, 0.3) is 0 Å². The molecule has 1 aromatic heterocycles. The summed E-state index contributed by atoms with van der Waals surface area (Å²) in [5.41, 5.74) is 0.0178. The molecule has 2 aromatic rings. The molecule has 1 aliphatic heterocycles. The van der Waals surface area contributed by atoms with E-state index in [1.54, 1.807) is 4.90 Å². The Morgan fingerprint density at radius 1 is 1.06 bits per heavy atom. The molecular weight excluding hydrogens is 459 g/mol. The molecule has 1 aliphatic rings. The molecule has 32 heavy (non-hydrogen) atoms. The molecule has 0 spiro atoms. The Labute approximate surface area is 181 Å². The number of nitrogens with zero attached hydrogens (tertiary/aromatic N) is 5. The summed E-state index contributed by atoms with van der Waals surface area (Å²) in [5, 5.41) is 1.51. The van der Waals surface area contributed by atoms with Gasteiger partial charge in [0, 0.05) is 31.1 Å². The van der Waals surface area contributed by atoms with Gasteiger partial charge in [0.15, 0.2) is 11.5 Å². The molecule has 3 rings (SSSR count). The van der Waals surface area contributed by atoms with Crippen molar-refractivity contribution in [2.45, 2.75) is 12.6 Å². The fraction of sp³-hybridized carbons (Fsp3) is 0.471. The number of fused-ring (bicyclic) bond motifs is 1. The molecule has 0 saturated carbocycles. The predicted octanol–water partition coefficient (Wildman–Crippen LogP) is 2.29. The first-order chi connectivity index (χ1) is 15.1. The number of ether oxygens (including phenoxy) is 2. The Bertz CT molecular complexity index is 1150. The number of amides is 1. The van der Waals surface area contributed by atoms with E-state index in [0.29, 0.717) is 17.6 Å². The third-order valence-electron chi connectivity index (χ3n) is 4.55. The van der Waals surface area contributed by atoms with Crippen LogP contribution in [-0.4, -0.2) is 69.9 Å². The quantitative estimate of drug-likeness (QED) is 0.648. The van der Waals surface area contributed by atoms with Crippen molar-refractivity contribution in [1.82, 2.24) is 15.0 Å². The van der Waals surface area contributed by atoms with Crippen molar-refractivity contribution in [1.29, 1.82) is 0 Å². The summed E-state index contributed by atoms with van der Waals surface area (Å²) in [7, 11) is -0.204. The van der Waals surface area contributed by atoms with Crippen LogP contribution in [0, 0.1) is 0 Å². The number of anilines is 1. The van der Waals surface area contributed by atoms with Crippen LogP contribution < -0.4 is 14.4 Å². The summed E-state index contributed by atoms with van der Waals surface area (Å²) in [6.07, 6.45) is -5.71. The third kappa shape index (κ3) is 5.34. The number of hydrogen-bond donors (Lipinski definition) is 0. The first kappa shape index (κ1) is 23.5. The second kappa shape index (κ2) is 9.52. The lowest BCUT2D eigenvalue weighted by Gasteiger charge is -2.24. The minimum atomic E-state index is -4.78. The van der Waals surface area contributed by atoms with Crippen molar-refractivity contribution in [2.24, 2.45) is 4.36 Å². The smallest absolute Gasteiger partial charge is 0.467 e. The number of carbonyl (C=O) groups is 1. The summed E-state index contributed by atoms with van der Waals surface area (Å²) < 4.78 is 74.5. The van der Waals surface area contributed by atoms with Gasteiger partial charge in [-0.25, -0.2) is 14.8 Å². The molecule has 11 nitrogen and oxygen atoms in total. The number of halogens is 3. The summed E-state index contributed by atoms with van der Waals surface area (Å²) in [4.78, 5) is 25.3. The average molecular weight is 477 g/mol. The van der Waals surface area contributed by atoms with E-state index in [1.165, 1.54) is 31.4 Å². The van der Waals surface area contributed by atoms with Crippen molar-refractivity contribution in [3.8, 4) is 11.5 Å². The number of hydrogen-bond acceptors (Lipinski definition) is 10. The number of benzene rings is 1. The highest BCUT2D eigenvalue weighted by Crippen LogP contribution is 2.37. The second-order valence-electron chi connectivity index (χ2n) is 6.53. The van der Waals surface area contributed by atoms with Crippen LogP contribution in [0.25, 0.3) is 10.9 Å². The fourth-order valence-electron chi connectivity index (χ4n) is 3.19. The molecule has 0 unspecified atom stereocenters. The second-order valence-corrected chi connectivity index (χ2v) is 7.14. The van der Waals surface area contributed by atoms with Crippen LogP contribution in [-0.2, 0) is 21.5 Å². The summed E-state index contributed by atoms with van der Waals surface area (Å²) in [5.74, 6) is -0.772. The highest BCUT2D eigenvalue weighted by molar-refractivity contribution is 7.62. The van der Waals surface area contributed by atoms with Crippen molar-refractivity contribution in [3.63, 3.8) is 0 Å². The van der Waals surface area contributed by atoms with E-state index < -0.39 is 28.6 Å². The number of hydroxylamine groups is 2. The minimum Gasteiger partial charge on any atom is -0.493 e. The predicted molar refractivity (Wildman–Crippen MR) is 104 cm³/mol. The van der Waals surface area contributed by atoms with Crippen molar-refractivity contribution in [3.05, 3.63) is 18.0 Å². The number of aromatic nitrogens is 2.